The number of imide groups is 1. The maximum atomic E-state index is 12.1. The van der Waals surface area contributed by atoms with Crippen LogP contribution in [0.25, 0.3) is 0 Å². The third-order valence-electron chi connectivity index (χ3n) is 5.95. The summed E-state index contributed by atoms with van der Waals surface area (Å²) in [5.41, 5.74) is 0. The topological polar surface area (TPSA) is 157 Å². The van der Waals surface area contributed by atoms with Crippen LogP contribution in [0.5, 0.6) is 0 Å². The average Bonchev–Trinajstić information content (AvgIpc) is 3.27. The van der Waals surface area contributed by atoms with Crippen LogP contribution in [0.15, 0.2) is 0 Å². The first-order chi connectivity index (χ1) is 20.6. The quantitative estimate of drug-likeness (QED) is 0.0641. The van der Waals surface area contributed by atoms with Crippen LogP contribution in [0.4, 0.5) is 0 Å². The van der Waals surface area contributed by atoms with Gasteiger partial charge in [-0.25, -0.2) is 0 Å². The van der Waals surface area contributed by atoms with Crippen molar-refractivity contribution >= 4 is 24.0 Å². The van der Waals surface area contributed by atoms with Crippen LogP contribution in [0.3, 0.4) is 0 Å². The lowest BCUT2D eigenvalue weighted by molar-refractivity contribution is -0.139. The maximum absolute atomic E-state index is 12.1. The van der Waals surface area contributed by atoms with Gasteiger partial charge in [0.15, 0.2) is 0 Å². The molecule has 1 aliphatic rings. The van der Waals surface area contributed by atoms with E-state index in [-0.39, 0.29) is 43.0 Å². The van der Waals surface area contributed by atoms with E-state index in [2.05, 4.69) is 5.32 Å². The molecule has 1 rings (SSSR count). The molecule has 1 unspecified atom stereocenters. The molecule has 1 heterocycles. The van der Waals surface area contributed by atoms with Crippen molar-refractivity contribution < 1.29 is 57.1 Å². The number of rotatable bonds is 31. The van der Waals surface area contributed by atoms with Gasteiger partial charge in [0.1, 0.15) is 6.29 Å². The number of hydrogen-bond acceptors (Lipinski definition) is 12. The van der Waals surface area contributed by atoms with E-state index in [1.807, 2.05) is 6.92 Å². The molecule has 0 radical (unpaired) electrons. The van der Waals surface area contributed by atoms with Gasteiger partial charge in [-0.2, -0.15) is 0 Å². The Morgan fingerprint density at radius 1 is 0.714 bits per heavy atom. The van der Waals surface area contributed by atoms with E-state index in [1.54, 1.807) is 0 Å². The fourth-order valence-electron chi connectivity index (χ4n) is 3.64. The van der Waals surface area contributed by atoms with E-state index in [0.29, 0.717) is 125 Å². The molecule has 0 aromatic heterocycles. The highest BCUT2D eigenvalue weighted by Gasteiger charge is 2.37. The van der Waals surface area contributed by atoms with Crippen molar-refractivity contribution in [3.8, 4) is 0 Å². The first kappa shape index (κ1) is 38.0. The van der Waals surface area contributed by atoms with Gasteiger partial charge in [-0.05, 0) is 6.42 Å². The van der Waals surface area contributed by atoms with E-state index >= 15 is 0 Å². The molecular weight excluding hydrogens is 556 g/mol. The molecule has 1 saturated heterocycles. The second kappa shape index (κ2) is 27.8. The van der Waals surface area contributed by atoms with Crippen LogP contribution in [0, 0.1) is 5.92 Å². The smallest absolute Gasteiger partial charge is 0.232 e. The monoisotopic (exact) mass is 606 g/mol. The molecule has 0 spiro atoms. The second-order valence-corrected chi connectivity index (χ2v) is 9.15. The van der Waals surface area contributed by atoms with Crippen molar-refractivity contribution in [2.45, 2.75) is 32.6 Å². The summed E-state index contributed by atoms with van der Waals surface area (Å²) in [6.07, 6.45) is 2.19. The normalized spacial score (nSPS) is 15.1. The number of ether oxygens (including phenoxy) is 8. The molecule has 1 atom stereocenters. The average molecular weight is 607 g/mol. The maximum Gasteiger partial charge on any atom is 0.232 e. The Kier molecular flexibility index (Phi) is 25.1. The molecule has 1 N–H and O–H groups in total. The van der Waals surface area contributed by atoms with Gasteiger partial charge in [-0.15, -0.1) is 0 Å². The van der Waals surface area contributed by atoms with E-state index in [9.17, 15) is 19.2 Å². The number of nitrogens with one attached hydrogen (secondary N) is 1. The first-order valence-electron chi connectivity index (χ1n) is 14.8. The van der Waals surface area contributed by atoms with Crippen LogP contribution in [0.2, 0.25) is 0 Å². The van der Waals surface area contributed by atoms with E-state index in [4.69, 9.17) is 37.9 Å². The summed E-state index contributed by atoms with van der Waals surface area (Å²) in [6, 6.07) is 0. The molecule has 0 bridgehead atoms. The number of hydrogen-bond donors (Lipinski definition) is 1. The Hall–Kier alpha value is -2.04. The first-order valence-corrected chi connectivity index (χ1v) is 14.8. The van der Waals surface area contributed by atoms with Gasteiger partial charge in [0, 0.05) is 38.3 Å². The van der Waals surface area contributed by atoms with Gasteiger partial charge in [0.25, 0.3) is 0 Å². The number of aldehydes is 1. The zero-order chi connectivity index (χ0) is 30.5. The minimum absolute atomic E-state index is 0.0900. The predicted octanol–water partition coefficient (Wildman–Crippen LogP) is -0.000400. The van der Waals surface area contributed by atoms with Crippen LogP contribution in [-0.2, 0) is 57.1 Å². The third kappa shape index (κ3) is 20.8. The zero-order valence-electron chi connectivity index (χ0n) is 25.1. The molecule has 0 aromatic rings. The summed E-state index contributed by atoms with van der Waals surface area (Å²) in [4.78, 5) is 47.2. The summed E-state index contributed by atoms with van der Waals surface area (Å²) >= 11 is 0. The Bertz CT molecular complexity index is 712. The molecule has 244 valence electrons. The summed E-state index contributed by atoms with van der Waals surface area (Å²) < 4.78 is 43.0. The Labute approximate surface area is 248 Å². The molecule has 1 aliphatic heterocycles. The predicted molar refractivity (Wildman–Crippen MR) is 150 cm³/mol. The van der Waals surface area contributed by atoms with Crippen molar-refractivity contribution in [3.05, 3.63) is 0 Å². The highest BCUT2D eigenvalue weighted by molar-refractivity contribution is 6.03. The lowest BCUT2D eigenvalue weighted by atomic mass is 10.1. The van der Waals surface area contributed by atoms with Crippen LogP contribution in [0.1, 0.15) is 32.6 Å². The highest BCUT2D eigenvalue weighted by Crippen LogP contribution is 2.22. The van der Waals surface area contributed by atoms with E-state index < -0.39 is 0 Å². The second-order valence-electron chi connectivity index (χ2n) is 9.15. The number of nitrogens with zero attached hydrogens (tertiary/aromatic N) is 1. The van der Waals surface area contributed by atoms with Crippen molar-refractivity contribution in [2.75, 3.05) is 119 Å². The van der Waals surface area contributed by atoms with Gasteiger partial charge in [0.2, 0.25) is 17.7 Å². The number of carbonyl (C=O) groups excluding carboxylic acids is 4. The molecule has 14 nitrogen and oxygen atoms in total. The van der Waals surface area contributed by atoms with Gasteiger partial charge in [0.05, 0.1) is 106 Å². The summed E-state index contributed by atoms with van der Waals surface area (Å²) in [5, 5.41) is 2.72. The largest absolute Gasteiger partial charge is 0.379 e. The standard InChI is InChI=1S/C28H50N2O12/c1-2-25-24-27(33)30(28(25)34)6-4-26(32)29-5-9-36-11-13-38-15-17-40-19-21-42-23-22-41-20-18-39-16-14-37-12-10-35-8-3-7-31/h7,25H,2-6,8-24H2,1H3,(H,29,32). The van der Waals surface area contributed by atoms with E-state index in [0.717, 1.165) is 6.29 Å². The van der Waals surface area contributed by atoms with E-state index in [1.165, 1.54) is 4.90 Å². The molecular formula is C28H50N2O12. The molecule has 14 heteroatoms. The Morgan fingerprint density at radius 3 is 1.50 bits per heavy atom. The van der Waals surface area contributed by atoms with Crippen LogP contribution in [-0.4, -0.2) is 148 Å². The third-order valence-corrected chi connectivity index (χ3v) is 5.95. The summed E-state index contributed by atoms with van der Waals surface area (Å²) in [7, 11) is 0. The van der Waals surface area contributed by atoms with Gasteiger partial charge < -0.3 is 48.0 Å². The molecule has 0 aromatic carbocycles. The van der Waals surface area contributed by atoms with Gasteiger partial charge in [-0.3, -0.25) is 19.3 Å². The van der Waals surface area contributed by atoms with Crippen molar-refractivity contribution in [1.29, 1.82) is 0 Å². The number of likely N-dealkylation sites (tertiary alicyclic amines) is 1. The van der Waals surface area contributed by atoms with Gasteiger partial charge in [-0.1, -0.05) is 6.92 Å². The molecule has 3 amide bonds. The molecule has 42 heavy (non-hydrogen) atoms. The van der Waals surface area contributed by atoms with Crippen LogP contribution >= 0.6 is 0 Å². The minimum Gasteiger partial charge on any atom is -0.379 e. The lowest BCUT2D eigenvalue weighted by Crippen LogP contribution is -2.36. The molecule has 0 aliphatic carbocycles. The Balaban J connectivity index is 1.72. The molecule has 0 saturated carbocycles. The van der Waals surface area contributed by atoms with Gasteiger partial charge >= 0.3 is 0 Å². The van der Waals surface area contributed by atoms with Crippen molar-refractivity contribution in [1.82, 2.24) is 10.2 Å². The number of amides is 3. The summed E-state index contributed by atoms with van der Waals surface area (Å²) in [5.74, 6) is -0.849. The fourth-order valence-corrected chi connectivity index (χ4v) is 3.64. The summed E-state index contributed by atoms with van der Waals surface area (Å²) in [6.45, 7) is 9.57. The lowest BCUT2D eigenvalue weighted by Gasteiger charge is -2.14. The molecule has 1 fully saturated rings. The van der Waals surface area contributed by atoms with Crippen molar-refractivity contribution in [3.63, 3.8) is 0 Å². The number of carbonyl (C=O) groups is 4. The van der Waals surface area contributed by atoms with Crippen molar-refractivity contribution in [2.24, 2.45) is 5.92 Å². The minimum atomic E-state index is -0.248. The SMILES string of the molecule is CCC1CC(=O)N(CCC(=O)NCCOCCOCCOCCOCCOCCOCCOCCOCCC=O)C1=O. The fraction of sp³-hybridized carbons (Fsp3) is 0.857. The Morgan fingerprint density at radius 2 is 1.12 bits per heavy atom. The van der Waals surface area contributed by atoms with Crippen LogP contribution < -0.4 is 5.32 Å². The zero-order valence-corrected chi connectivity index (χ0v) is 25.1. The highest BCUT2D eigenvalue weighted by atomic mass is 16.6.